The van der Waals surface area contributed by atoms with Gasteiger partial charge in [-0.2, -0.15) is 0 Å². The maximum absolute atomic E-state index is 12.0. The molecule has 0 radical (unpaired) electrons. The van der Waals surface area contributed by atoms with Gasteiger partial charge in [-0.1, -0.05) is 37.1 Å². The summed E-state index contributed by atoms with van der Waals surface area (Å²) in [7, 11) is 3.54. The number of anilines is 1. The first-order chi connectivity index (χ1) is 10.4. The lowest BCUT2D eigenvalue weighted by Crippen LogP contribution is -2.40. The molecule has 0 unspecified atom stereocenters. The van der Waals surface area contributed by atoms with Crippen molar-refractivity contribution in [3.05, 3.63) is 29.3 Å². The molecule has 0 spiro atoms. The monoisotopic (exact) mass is 325 g/mol. The minimum atomic E-state index is -0.264. The summed E-state index contributed by atoms with van der Waals surface area (Å²) >= 11 is 5.98. The van der Waals surface area contributed by atoms with E-state index in [0.29, 0.717) is 17.3 Å². The lowest BCUT2D eigenvalue weighted by Gasteiger charge is -2.21. The average Bonchev–Trinajstić information content (AvgIpc) is 2.47. The molecule has 0 atom stereocenters. The quantitative estimate of drug-likeness (QED) is 0.799. The van der Waals surface area contributed by atoms with E-state index in [-0.39, 0.29) is 18.4 Å². The van der Waals surface area contributed by atoms with E-state index in [0.717, 1.165) is 19.4 Å². The van der Waals surface area contributed by atoms with Crippen LogP contribution in [-0.2, 0) is 9.59 Å². The second kappa shape index (κ2) is 9.43. The SMILES string of the molecule is CCCCN(C)CC(=O)N(C)CC(=O)Nc1ccccc1Cl. The average molecular weight is 326 g/mol. The van der Waals surface area contributed by atoms with Gasteiger partial charge in [-0.15, -0.1) is 0 Å². The molecule has 1 aromatic rings. The number of carbonyl (C=O) groups excluding carboxylic acids is 2. The second-order valence-electron chi connectivity index (χ2n) is 5.37. The Morgan fingerprint density at radius 2 is 1.86 bits per heavy atom. The molecule has 122 valence electrons. The van der Waals surface area contributed by atoms with Gasteiger partial charge in [0, 0.05) is 7.05 Å². The van der Waals surface area contributed by atoms with Crippen molar-refractivity contribution in [2.45, 2.75) is 19.8 Å². The lowest BCUT2D eigenvalue weighted by molar-refractivity contribution is -0.134. The molecular formula is C16H24ClN3O2. The Balaban J connectivity index is 2.43. The van der Waals surface area contributed by atoms with Crippen LogP contribution in [0.25, 0.3) is 0 Å². The highest BCUT2D eigenvalue weighted by Gasteiger charge is 2.15. The highest BCUT2D eigenvalue weighted by Crippen LogP contribution is 2.20. The van der Waals surface area contributed by atoms with E-state index in [9.17, 15) is 9.59 Å². The molecule has 22 heavy (non-hydrogen) atoms. The van der Waals surface area contributed by atoms with Crippen molar-refractivity contribution in [1.29, 1.82) is 0 Å². The number of rotatable bonds is 8. The van der Waals surface area contributed by atoms with Crippen LogP contribution in [0.1, 0.15) is 19.8 Å². The van der Waals surface area contributed by atoms with Crippen LogP contribution in [0.15, 0.2) is 24.3 Å². The van der Waals surface area contributed by atoms with Gasteiger partial charge in [-0.25, -0.2) is 0 Å². The van der Waals surface area contributed by atoms with Gasteiger partial charge < -0.3 is 10.2 Å². The van der Waals surface area contributed by atoms with Gasteiger partial charge in [-0.3, -0.25) is 14.5 Å². The van der Waals surface area contributed by atoms with Crippen molar-refractivity contribution < 1.29 is 9.59 Å². The van der Waals surface area contributed by atoms with Crippen LogP contribution in [0.3, 0.4) is 0 Å². The molecule has 0 aliphatic carbocycles. The number of benzene rings is 1. The Kier molecular flexibility index (Phi) is 7.91. The van der Waals surface area contributed by atoms with Crippen molar-refractivity contribution >= 4 is 29.1 Å². The lowest BCUT2D eigenvalue weighted by atomic mass is 10.3. The molecule has 1 aromatic carbocycles. The van der Waals surface area contributed by atoms with Crippen molar-refractivity contribution in [3.8, 4) is 0 Å². The third-order valence-electron chi connectivity index (χ3n) is 3.25. The van der Waals surface area contributed by atoms with Crippen LogP contribution < -0.4 is 5.32 Å². The van der Waals surface area contributed by atoms with Crippen molar-refractivity contribution in [1.82, 2.24) is 9.80 Å². The predicted octanol–water partition coefficient (Wildman–Crippen LogP) is 2.47. The highest BCUT2D eigenvalue weighted by atomic mass is 35.5. The molecule has 0 aliphatic rings. The van der Waals surface area contributed by atoms with Gasteiger partial charge in [0.15, 0.2) is 0 Å². The summed E-state index contributed by atoms with van der Waals surface area (Å²) in [6.07, 6.45) is 2.15. The van der Waals surface area contributed by atoms with E-state index in [1.54, 1.807) is 31.3 Å². The summed E-state index contributed by atoms with van der Waals surface area (Å²) in [6.45, 7) is 3.31. The van der Waals surface area contributed by atoms with Gasteiger partial charge >= 0.3 is 0 Å². The summed E-state index contributed by atoms with van der Waals surface area (Å²) in [6, 6.07) is 7.01. The van der Waals surface area contributed by atoms with Crippen LogP contribution in [0.5, 0.6) is 0 Å². The molecule has 0 fully saturated rings. The fraction of sp³-hybridized carbons (Fsp3) is 0.500. The number of hydrogen-bond donors (Lipinski definition) is 1. The first-order valence-electron chi connectivity index (χ1n) is 7.41. The molecule has 1 rings (SSSR count). The molecule has 1 N–H and O–H groups in total. The number of hydrogen-bond acceptors (Lipinski definition) is 3. The summed E-state index contributed by atoms with van der Waals surface area (Å²) in [5.74, 6) is -0.340. The Hall–Kier alpha value is -1.59. The first-order valence-corrected chi connectivity index (χ1v) is 7.78. The Labute approximate surface area is 137 Å². The molecule has 0 bridgehead atoms. The van der Waals surface area contributed by atoms with E-state index in [2.05, 4.69) is 12.2 Å². The zero-order chi connectivity index (χ0) is 16.5. The third-order valence-corrected chi connectivity index (χ3v) is 3.58. The Morgan fingerprint density at radius 1 is 1.18 bits per heavy atom. The number of nitrogens with zero attached hydrogens (tertiary/aromatic N) is 2. The minimum Gasteiger partial charge on any atom is -0.335 e. The molecule has 0 saturated heterocycles. The molecular weight excluding hydrogens is 302 g/mol. The van der Waals surface area contributed by atoms with Gasteiger partial charge in [-0.05, 0) is 32.1 Å². The normalized spacial score (nSPS) is 10.6. The van der Waals surface area contributed by atoms with Gasteiger partial charge in [0.2, 0.25) is 11.8 Å². The van der Waals surface area contributed by atoms with Gasteiger partial charge in [0.05, 0.1) is 23.8 Å². The topological polar surface area (TPSA) is 52.7 Å². The van der Waals surface area contributed by atoms with Crippen LogP contribution in [0.4, 0.5) is 5.69 Å². The number of para-hydroxylation sites is 1. The van der Waals surface area contributed by atoms with E-state index in [1.807, 2.05) is 11.9 Å². The van der Waals surface area contributed by atoms with Crippen LogP contribution in [0.2, 0.25) is 5.02 Å². The Morgan fingerprint density at radius 3 is 2.50 bits per heavy atom. The molecule has 0 aromatic heterocycles. The van der Waals surface area contributed by atoms with E-state index >= 15 is 0 Å². The number of amides is 2. The summed E-state index contributed by atoms with van der Waals surface area (Å²) in [5, 5.41) is 3.18. The third kappa shape index (κ3) is 6.45. The van der Waals surface area contributed by atoms with Crippen LogP contribution in [-0.4, -0.2) is 55.3 Å². The van der Waals surface area contributed by atoms with Gasteiger partial charge in [0.1, 0.15) is 0 Å². The van der Waals surface area contributed by atoms with Crippen LogP contribution >= 0.6 is 11.6 Å². The summed E-state index contributed by atoms with van der Waals surface area (Å²) in [5.41, 5.74) is 0.551. The summed E-state index contributed by atoms with van der Waals surface area (Å²) < 4.78 is 0. The number of halogens is 1. The smallest absolute Gasteiger partial charge is 0.244 e. The highest BCUT2D eigenvalue weighted by molar-refractivity contribution is 6.33. The molecule has 0 heterocycles. The molecule has 0 saturated carbocycles. The standard InChI is InChI=1S/C16H24ClN3O2/c1-4-5-10-19(2)12-16(22)20(3)11-15(21)18-14-9-7-6-8-13(14)17/h6-9H,4-5,10-12H2,1-3H3,(H,18,21). The number of unbranched alkanes of at least 4 members (excludes halogenated alkanes) is 1. The largest absolute Gasteiger partial charge is 0.335 e. The van der Waals surface area contributed by atoms with E-state index in [4.69, 9.17) is 11.6 Å². The molecule has 6 heteroatoms. The van der Waals surface area contributed by atoms with Gasteiger partial charge in [0.25, 0.3) is 0 Å². The molecule has 5 nitrogen and oxygen atoms in total. The number of nitrogens with one attached hydrogen (secondary N) is 1. The van der Waals surface area contributed by atoms with Crippen molar-refractivity contribution in [2.75, 3.05) is 39.0 Å². The fourth-order valence-electron chi connectivity index (χ4n) is 1.91. The maximum Gasteiger partial charge on any atom is 0.244 e. The maximum atomic E-state index is 12.0. The van der Waals surface area contributed by atoms with Crippen molar-refractivity contribution in [2.24, 2.45) is 0 Å². The zero-order valence-corrected chi connectivity index (χ0v) is 14.2. The van der Waals surface area contributed by atoms with Crippen molar-refractivity contribution in [3.63, 3.8) is 0 Å². The second-order valence-corrected chi connectivity index (χ2v) is 5.78. The minimum absolute atomic E-state index is 0.00563. The molecule has 0 aliphatic heterocycles. The molecule has 2 amide bonds. The summed E-state index contributed by atoms with van der Waals surface area (Å²) in [4.78, 5) is 27.4. The first kappa shape index (κ1) is 18.5. The fourth-order valence-corrected chi connectivity index (χ4v) is 2.10. The van der Waals surface area contributed by atoms with E-state index in [1.165, 1.54) is 4.90 Å². The van der Waals surface area contributed by atoms with E-state index < -0.39 is 0 Å². The zero-order valence-electron chi connectivity index (χ0n) is 13.4. The van der Waals surface area contributed by atoms with Crippen LogP contribution in [0, 0.1) is 0 Å². The predicted molar refractivity (Wildman–Crippen MR) is 90.1 cm³/mol. The number of carbonyl (C=O) groups is 2. The number of likely N-dealkylation sites (N-methyl/N-ethyl adjacent to an activating group) is 2. The Bertz CT molecular complexity index is 508.